The number of ketones is 1. The Morgan fingerprint density at radius 3 is 2.84 bits per heavy atom. The first kappa shape index (κ1) is 15.5. The van der Waals surface area contributed by atoms with Gasteiger partial charge in [-0.15, -0.1) is 11.3 Å². The van der Waals surface area contributed by atoms with Gasteiger partial charge in [-0.1, -0.05) is 0 Å². The zero-order valence-electron chi connectivity index (χ0n) is 13.7. The number of pyridine rings is 1. The minimum absolute atomic E-state index is 0.0335. The highest BCUT2D eigenvalue weighted by atomic mass is 32.1. The Morgan fingerprint density at radius 2 is 2.08 bits per heavy atom. The molecule has 25 heavy (non-hydrogen) atoms. The molecule has 0 aliphatic carbocycles. The number of carbonyl (C=O) groups is 1. The topological polar surface area (TPSA) is 85.9 Å². The van der Waals surface area contributed by atoms with Gasteiger partial charge >= 0.3 is 0 Å². The smallest absolute Gasteiger partial charge is 0.173 e. The van der Waals surface area contributed by atoms with Crippen molar-refractivity contribution in [3.8, 4) is 11.1 Å². The van der Waals surface area contributed by atoms with E-state index in [2.05, 4.69) is 25.3 Å². The number of aromatic nitrogens is 6. The molecule has 0 aromatic carbocycles. The fourth-order valence-electron chi connectivity index (χ4n) is 2.68. The van der Waals surface area contributed by atoms with Crippen LogP contribution < -0.4 is 0 Å². The van der Waals surface area contributed by atoms with Gasteiger partial charge in [0.15, 0.2) is 11.4 Å². The van der Waals surface area contributed by atoms with E-state index in [0.717, 1.165) is 27.4 Å². The van der Waals surface area contributed by atoms with Gasteiger partial charge < -0.3 is 0 Å². The van der Waals surface area contributed by atoms with Crippen molar-refractivity contribution in [3.05, 3.63) is 58.2 Å². The van der Waals surface area contributed by atoms with Crippen molar-refractivity contribution >= 4 is 22.8 Å². The second-order valence-corrected chi connectivity index (χ2v) is 6.68. The number of aryl methyl sites for hydroxylation is 2. The first-order chi connectivity index (χ1) is 12.1. The number of rotatable bonds is 4. The molecule has 0 bridgehead atoms. The summed E-state index contributed by atoms with van der Waals surface area (Å²) < 4.78 is 1.62. The highest BCUT2D eigenvalue weighted by Gasteiger charge is 2.17. The average Bonchev–Trinajstić information content (AvgIpc) is 3.23. The van der Waals surface area contributed by atoms with Crippen LogP contribution in [0.2, 0.25) is 0 Å². The predicted molar refractivity (Wildman–Crippen MR) is 93.6 cm³/mol. The Balaban J connectivity index is 1.81. The minimum atomic E-state index is -0.0335. The number of Topliss-reactive ketones (excluding diaryl/α,β-unsaturated/α-hetero) is 1. The van der Waals surface area contributed by atoms with Crippen LogP contribution in [0.3, 0.4) is 0 Å². The first-order valence-corrected chi connectivity index (χ1v) is 8.55. The van der Waals surface area contributed by atoms with E-state index >= 15 is 0 Å². The fourth-order valence-corrected chi connectivity index (χ4v) is 3.45. The molecule has 0 spiro atoms. The lowest BCUT2D eigenvalue weighted by Gasteiger charge is -2.08. The van der Waals surface area contributed by atoms with Crippen molar-refractivity contribution < 1.29 is 4.79 Å². The molecule has 0 unspecified atom stereocenters. The highest BCUT2D eigenvalue weighted by molar-refractivity contribution is 7.09. The van der Waals surface area contributed by atoms with E-state index in [1.165, 1.54) is 17.7 Å². The van der Waals surface area contributed by atoms with Gasteiger partial charge in [-0.05, 0) is 25.5 Å². The molecule has 4 heterocycles. The normalized spacial score (nSPS) is 11.1. The first-order valence-electron chi connectivity index (χ1n) is 7.67. The van der Waals surface area contributed by atoms with Crippen LogP contribution in [0, 0.1) is 13.8 Å². The summed E-state index contributed by atoms with van der Waals surface area (Å²) >= 11 is 1.49. The van der Waals surface area contributed by atoms with Gasteiger partial charge in [0.05, 0.1) is 24.4 Å². The largest absolute Gasteiger partial charge is 0.294 e. The molecular formula is C17H14N6OS. The Bertz CT molecular complexity index is 1080. The van der Waals surface area contributed by atoms with Gasteiger partial charge in [-0.3, -0.25) is 4.79 Å². The van der Waals surface area contributed by atoms with Crippen molar-refractivity contribution in [3.63, 3.8) is 0 Å². The van der Waals surface area contributed by atoms with E-state index in [-0.39, 0.29) is 12.2 Å². The van der Waals surface area contributed by atoms with Gasteiger partial charge in [-0.2, -0.15) is 15.3 Å². The van der Waals surface area contributed by atoms with Crippen LogP contribution in [0.15, 0.2) is 36.4 Å². The Kier molecular flexibility index (Phi) is 3.81. The molecule has 8 heteroatoms. The van der Waals surface area contributed by atoms with Gasteiger partial charge in [0.25, 0.3) is 0 Å². The van der Waals surface area contributed by atoms with E-state index in [9.17, 15) is 4.79 Å². The minimum Gasteiger partial charge on any atom is -0.294 e. The van der Waals surface area contributed by atoms with Crippen molar-refractivity contribution in [2.24, 2.45) is 0 Å². The van der Waals surface area contributed by atoms with Crippen molar-refractivity contribution in [2.45, 2.75) is 20.3 Å². The Hall–Kier alpha value is -3.00. The third-order valence-electron chi connectivity index (χ3n) is 3.89. The molecule has 7 nitrogen and oxygen atoms in total. The Morgan fingerprint density at radius 1 is 1.24 bits per heavy atom. The maximum atomic E-state index is 12.9. The van der Waals surface area contributed by atoms with E-state index < -0.39 is 0 Å². The monoisotopic (exact) mass is 350 g/mol. The lowest BCUT2D eigenvalue weighted by atomic mass is 10.0. The Labute approximate surface area is 147 Å². The molecule has 124 valence electrons. The van der Waals surface area contributed by atoms with Crippen molar-refractivity contribution in [1.82, 2.24) is 29.8 Å². The van der Waals surface area contributed by atoms with Gasteiger partial charge in [-0.25, -0.2) is 14.5 Å². The zero-order valence-corrected chi connectivity index (χ0v) is 14.5. The summed E-state index contributed by atoms with van der Waals surface area (Å²) in [7, 11) is 0. The van der Waals surface area contributed by atoms with Gasteiger partial charge in [0.1, 0.15) is 11.3 Å². The molecule has 0 radical (unpaired) electrons. The SMILES string of the molecule is Cc1csc(CC(=O)c2cc(-c3cnncc3C)cn3ncnc23)n1. The molecule has 0 atom stereocenters. The van der Waals surface area contributed by atoms with Gasteiger partial charge in [0, 0.05) is 28.4 Å². The molecule has 0 fully saturated rings. The summed E-state index contributed by atoms with van der Waals surface area (Å²) in [6, 6.07) is 1.84. The third-order valence-corrected chi connectivity index (χ3v) is 4.86. The molecule has 0 N–H and O–H groups in total. The van der Waals surface area contributed by atoms with E-state index in [1.807, 2.05) is 31.5 Å². The van der Waals surface area contributed by atoms with Gasteiger partial charge in [0.2, 0.25) is 0 Å². The zero-order chi connectivity index (χ0) is 17.4. The summed E-state index contributed by atoms with van der Waals surface area (Å²) in [5.41, 5.74) is 4.73. The maximum Gasteiger partial charge on any atom is 0.173 e. The lowest BCUT2D eigenvalue weighted by Crippen LogP contribution is -2.07. The molecule has 0 amide bonds. The standard InChI is InChI=1S/C17H14N6OS/c1-10-5-19-20-6-14(10)12-3-13(17-18-9-21-23(17)7-12)15(24)4-16-22-11(2)8-25-16/h3,5-9H,4H2,1-2H3. The number of hydrogen-bond acceptors (Lipinski definition) is 7. The summed E-state index contributed by atoms with van der Waals surface area (Å²) in [6.45, 7) is 3.87. The average molecular weight is 350 g/mol. The molecule has 0 aliphatic rings. The summed E-state index contributed by atoms with van der Waals surface area (Å²) in [6.07, 6.45) is 6.92. The van der Waals surface area contributed by atoms with Crippen LogP contribution in [0.1, 0.15) is 26.6 Å². The number of carbonyl (C=O) groups excluding carboxylic acids is 1. The molecule has 4 aromatic rings. The van der Waals surface area contributed by atoms with Crippen molar-refractivity contribution in [2.75, 3.05) is 0 Å². The molecule has 4 rings (SSSR count). The molecule has 4 aromatic heterocycles. The van der Waals surface area contributed by atoms with Crippen LogP contribution in [-0.2, 0) is 6.42 Å². The van der Waals surface area contributed by atoms with E-state index in [4.69, 9.17) is 0 Å². The molecule has 0 saturated heterocycles. The second-order valence-electron chi connectivity index (χ2n) is 5.74. The van der Waals surface area contributed by atoms with Crippen LogP contribution in [-0.4, -0.2) is 35.6 Å². The summed E-state index contributed by atoms with van der Waals surface area (Å²) in [5.74, 6) is -0.0335. The molecule has 0 saturated carbocycles. The second kappa shape index (κ2) is 6.14. The van der Waals surface area contributed by atoms with Crippen LogP contribution in [0.25, 0.3) is 16.8 Å². The van der Waals surface area contributed by atoms with E-state index in [0.29, 0.717) is 11.2 Å². The third kappa shape index (κ3) is 2.91. The lowest BCUT2D eigenvalue weighted by molar-refractivity contribution is 0.0994. The van der Waals surface area contributed by atoms with Crippen LogP contribution >= 0.6 is 11.3 Å². The predicted octanol–water partition coefficient (Wildman–Crippen LogP) is 2.69. The molecule has 0 aliphatic heterocycles. The van der Waals surface area contributed by atoms with Crippen LogP contribution in [0.4, 0.5) is 0 Å². The summed E-state index contributed by atoms with van der Waals surface area (Å²) in [4.78, 5) is 21.5. The number of hydrogen-bond donors (Lipinski definition) is 0. The van der Waals surface area contributed by atoms with E-state index in [1.54, 1.807) is 16.9 Å². The number of thiazole rings is 1. The fraction of sp³-hybridized carbons (Fsp3) is 0.176. The number of nitrogens with zero attached hydrogens (tertiary/aromatic N) is 6. The quantitative estimate of drug-likeness (QED) is 0.526. The molecular weight excluding hydrogens is 336 g/mol. The highest BCUT2D eigenvalue weighted by Crippen LogP contribution is 2.25. The van der Waals surface area contributed by atoms with Crippen LogP contribution in [0.5, 0.6) is 0 Å². The summed E-state index contributed by atoms with van der Waals surface area (Å²) in [5, 5.41) is 14.8. The van der Waals surface area contributed by atoms with Crippen molar-refractivity contribution in [1.29, 1.82) is 0 Å². The maximum absolute atomic E-state index is 12.9. The number of fused-ring (bicyclic) bond motifs is 1.